The molecule has 0 aliphatic carbocycles. The summed E-state index contributed by atoms with van der Waals surface area (Å²) in [5.74, 6) is 0.420. The molecule has 0 saturated carbocycles. The van der Waals surface area contributed by atoms with E-state index in [1.165, 1.54) is 6.33 Å². The van der Waals surface area contributed by atoms with Gasteiger partial charge in [0.15, 0.2) is 9.84 Å². The van der Waals surface area contributed by atoms with E-state index in [1.54, 1.807) is 15.5 Å². The zero-order valence-corrected chi connectivity index (χ0v) is 14.8. The van der Waals surface area contributed by atoms with E-state index in [0.717, 1.165) is 5.69 Å². The van der Waals surface area contributed by atoms with Gasteiger partial charge in [-0.2, -0.15) is 10.1 Å². The van der Waals surface area contributed by atoms with E-state index < -0.39 is 9.84 Å². The molecule has 0 bridgehead atoms. The average molecular weight is 351 g/mol. The first-order valence-corrected chi connectivity index (χ1v) is 9.86. The Morgan fingerprint density at radius 3 is 2.79 bits per heavy atom. The van der Waals surface area contributed by atoms with Gasteiger partial charge in [0.1, 0.15) is 12.0 Å². The predicted octanol–water partition coefficient (Wildman–Crippen LogP) is 0.897. The van der Waals surface area contributed by atoms with Crippen molar-refractivity contribution in [1.29, 1.82) is 0 Å². The van der Waals surface area contributed by atoms with Gasteiger partial charge in [-0.1, -0.05) is 13.8 Å². The molecule has 24 heavy (non-hydrogen) atoms. The quantitative estimate of drug-likeness (QED) is 0.812. The van der Waals surface area contributed by atoms with Crippen molar-refractivity contribution in [2.24, 2.45) is 0 Å². The molecular weight excluding hydrogens is 330 g/mol. The number of rotatable bonds is 4. The van der Waals surface area contributed by atoms with Gasteiger partial charge in [0, 0.05) is 12.6 Å². The second-order valence-electron chi connectivity index (χ2n) is 6.34. The summed E-state index contributed by atoms with van der Waals surface area (Å²) in [7, 11) is -3.05. The lowest BCUT2D eigenvalue weighted by atomic mass is 10.1. The molecule has 0 N–H and O–H groups in total. The Morgan fingerprint density at radius 1 is 1.46 bits per heavy atom. The van der Waals surface area contributed by atoms with Gasteiger partial charge < -0.3 is 4.90 Å². The number of sulfone groups is 1. The lowest BCUT2D eigenvalue weighted by Crippen LogP contribution is -2.41. The number of aromatic nitrogens is 4. The predicted molar refractivity (Wildman–Crippen MR) is 88.6 cm³/mol. The number of fused-ring (bicyclic) bond motifs is 1. The number of hydrogen-bond acceptors (Lipinski definition) is 6. The van der Waals surface area contributed by atoms with Gasteiger partial charge in [0.25, 0.3) is 11.7 Å². The van der Waals surface area contributed by atoms with Crippen LogP contribution in [0.3, 0.4) is 0 Å². The summed E-state index contributed by atoms with van der Waals surface area (Å²) in [5, 5.41) is 4.14. The Balaban J connectivity index is 1.98. The topological polar surface area (TPSA) is 97.5 Å². The molecule has 1 amide bonds. The minimum absolute atomic E-state index is 0.0246. The summed E-state index contributed by atoms with van der Waals surface area (Å²) in [5.41, 5.74) is 1.13. The van der Waals surface area contributed by atoms with Gasteiger partial charge in [-0.05, 0) is 25.3 Å². The maximum Gasteiger partial charge on any atom is 0.272 e. The van der Waals surface area contributed by atoms with E-state index in [0.29, 0.717) is 18.7 Å². The van der Waals surface area contributed by atoms with Crippen LogP contribution in [0.15, 0.2) is 12.4 Å². The molecule has 2 aromatic rings. The molecule has 3 heterocycles. The van der Waals surface area contributed by atoms with Gasteiger partial charge in [0.2, 0.25) is 0 Å². The molecule has 1 atom stereocenters. The van der Waals surface area contributed by atoms with E-state index in [9.17, 15) is 13.2 Å². The molecule has 1 saturated heterocycles. The highest BCUT2D eigenvalue weighted by molar-refractivity contribution is 7.91. The Kier molecular flexibility index (Phi) is 4.29. The molecular formula is C15H21N5O3S. The van der Waals surface area contributed by atoms with E-state index in [4.69, 9.17) is 0 Å². The normalized spacial score (nSPS) is 19.9. The van der Waals surface area contributed by atoms with Crippen molar-refractivity contribution in [3.05, 3.63) is 23.8 Å². The smallest absolute Gasteiger partial charge is 0.272 e. The average Bonchev–Trinajstić information content (AvgIpc) is 3.12. The summed E-state index contributed by atoms with van der Waals surface area (Å²) in [6.45, 7) is 6.30. The molecule has 9 heteroatoms. The number of carbonyl (C=O) groups excluding carboxylic acids is 1. The van der Waals surface area contributed by atoms with Crippen LogP contribution in [0, 0.1) is 0 Å². The first kappa shape index (κ1) is 16.8. The molecule has 3 rings (SSSR count). The molecule has 0 unspecified atom stereocenters. The second-order valence-corrected chi connectivity index (χ2v) is 8.57. The Labute approximate surface area is 140 Å². The van der Waals surface area contributed by atoms with Crippen LogP contribution < -0.4 is 0 Å². The first-order valence-electron chi connectivity index (χ1n) is 8.04. The van der Waals surface area contributed by atoms with Gasteiger partial charge in [-0.3, -0.25) is 4.79 Å². The molecule has 8 nitrogen and oxygen atoms in total. The molecule has 0 radical (unpaired) electrons. The molecule has 1 fully saturated rings. The molecule has 0 aromatic carbocycles. The highest BCUT2D eigenvalue weighted by Gasteiger charge is 2.35. The number of nitrogens with zero attached hydrogens (tertiary/aromatic N) is 5. The van der Waals surface area contributed by atoms with Crippen molar-refractivity contribution < 1.29 is 13.2 Å². The van der Waals surface area contributed by atoms with Crippen LogP contribution in [-0.4, -0.2) is 62.9 Å². The zero-order valence-electron chi connectivity index (χ0n) is 14.0. The highest BCUT2D eigenvalue weighted by atomic mass is 32.2. The minimum atomic E-state index is -3.05. The van der Waals surface area contributed by atoms with Crippen molar-refractivity contribution in [1.82, 2.24) is 24.5 Å². The minimum Gasteiger partial charge on any atom is -0.334 e. The third kappa shape index (κ3) is 3.00. The van der Waals surface area contributed by atoms with Crippen molar-refractivity contribution in [2.75, 3.05) is 18.1 Å². The van der Waals surface area contributed by atoms with E-state index in [1.807, 2.05) is 20.8 Å². The summed E-state index contributed by atoms with van der Waals surface area (Å²) in [4.78, 5) is 22.9. The lowest BCUT2D eigenvalue weighted by Gasteiger charge is -2.26. The Morgan fingerprint density at radius 2 is 2.21 bits per heavy atom. The monoisotopic (exact) mass is 351 g/mol. The zero-order chi connectivity index (χ0) is 17.5. The highest BCUT2D eigenvalue weighted by Crippen LogP contribution is 2.21. The fraction of sp³-hybridized carbons (Fsp3) is 0.600. The van der Waals surface area contributed by atoms with Crippen LogP contribution in [0.2, 0.25) is 0 Å². The van der Waals surface area contributed by atoms with Gasteiger partial charge in [0.05, 0.1) is 17.2 Å². The van der Waals surface area contributed by atoms with E-state index in [-0.39, 0.29) is 35.1 Å². The number of amides is 1. The summed E-state index contributed by atoms with van der Waals surface area (Å²) in [6, 6.07) is 1.44. The largest absolute Gasteiger partial charge is 0.334 e. The van der Waals surface area contributed by atoms with Crippen LogP contribution in [0.1, 0.15) is 49.3 Å². The second kappa shape index (κ2) is 6.12. The lowest BCUT2D eigenvalue weighted by molar-refractivity contribution is 0.0702. The summed E-state index contributed by atoms with van der Waals surface area (Å²) in [6.07, 6.45) is 1.88. The Bertz CT molecular complexity index is 874. The van der Waals surface area contributed by atoms with Crippen molar-refractivity contribution in [3.63, 3.8) is 0 Å². The molecule has 1 aliphatic heterocycles. The van der Waals surface area contributed by atoms with Gasteiger partial charge in [-0.15, -0.1) is 0 Å². The third-order valence-corrected chi connectivity index (χ3v) is 6.09. The van der Waals surface area contributed by atoms with E-state index >= 15 is 0 Å². The number of carbonyl (C=O) groups is 1. The SMILES string of the molecule is CCN(C(=O)c1cc(C(C)C)n2ncnc2n1)[C@@H]1CCS(=O)(=O)C1. The molecule has 0 spiro atoms. The summed E-state index contributed by atoms with van der Waals surface area (Å²) >= 11 is 0. The van der Waals surface area contributed by atoms with Crippen LogP contribution in [-0.2, 0) is 9.84 Å². The maximum atomic E-state index is 12.9. The Hall–Kier alpha value is -2.03. The van der Waals surface area contributed by atoms with Crippen molar-refractivity contribution in [2.45, 2.75) is 39.2 Å². The fourth-order valence-corrected chi connectivity index (χ4v) is 4.82. The molecule has 2 aromatic heterocycles. The van der Waals surface area contributed by atoms with Crippen LogP contribution in [0.4, 0.5) is 0 Å². The molecule has 130 valence electrons. The maximum absolute atomic E-state index is 12.9. The van der Waals surface area contributed by atoms with Crippen LogP contribution in [0.25, 0.3) is 5.78 Å². The fourth-order valence-electron chi connectivity index (χ4n) is 3.09. The third-order valence-electron chi connectivity index (χ3n) is 4.34. The van der Waals surface area contributed by atoms with Crippen molar-refractivity contribution >= 4 is 21.5 Å². The first-order chi connectivity index (χ1) is 11.3. The van der Waals surface area contributed by atoms with Crippen molar-refractivity contribution in [3.8, 4) is 0 Å². The van der Waals surface area contributed by atoms with E-state index in [2.05, 4.69) is 15.1 Å². The van der Waals surface area contributed by atoms with Crippen LogP contribution in [0.5, 0.6) is 0 Å². The van der Waals surface area contributed by atoms with Gasteiger partial charge in [-0.25, -0.2) is 17.9 Å². The van der Waals surface area contributed by atoms with Crippen LogP contribution >= 0.6 is 0 Å². The standard InChI is InChI=1S/C15H21N5O3S/c1-4-19(11-5-6-24(22,23)8-11)14(21)12-7-13(10(2)3)20-15(18-12)16-9-17-20/h7,9-11H,4-6,8H2,1-3H3/t11-/m1/s1. The van der Waals surface area contributed by atoms with Gasteiger partial charge >= 0.3 is 0 Å². The number of hydrogen-bond donors (Lipinski definition) is 0. The summed E-state index contributed by atoms with van der Waals surface area (Å²) < 4.78 is 25.1. The molecule has 1 aliphatic rings.